The van der Waals surface area contributed by atoms with Gasteiger partial charge in [-0.05, 0) is 55.1 Å². The second-order valence-electron chi connectivity index (χ2n) is 6.77. The number of carbonyl (C=O) groups is 1. The number of rotatable bonds is 4. The van der Waals surface area contributed by atoms with Gasteiger partial charge in [0.15, 0.2) is 0 Å². The van der Waals surface area contributed by atoms with E-state index in [1.165, 1.54) is 15.3 Å². The number of carbonyl (C=O) groups excluding carboxylic acids is 1. The predicted molar refractivity (Wildman–Crippen MR) is 109 cm³/mol. The minimum Gasteiger partial charge on any atom is -0.330 e. The smallest absolute Gasteiger partial charge is 0.254 e. The second kappa shape index (κ2) is 7.40. The number of aryl methyl sites for hydroxylation is 2. The average molecular weight is 400 g/mol. The van der Waals surface area contributed by atoms with Crippen LogP contribution in [0.5, 0.6) is 0 Å². The summed E-state index contributed by atoms with van der Waals surface area (Å²) in [6, 6.07) is 6.26. The highest BCUT2D eigenvalue weighted by atomic mass is 32.1. The molecule has 4 heterocycles. The summed E-state index contributed by atoms with van der Waals surface area (Å²) < 4.78 is 0. The van der Waals surface area contributed by atoms with E-state index in [0.29, 0.717) is 29.9 Å². The molecular weight excluding hydrogens is 378 g/mol. The zero-order valence-corrected chi connectivity index (χ0v) is 17.0. The number of H-pyrrole nitrogens is 1. The van der Waals surface area contributed by atoms with E-state index in [1.54, 1.807) is 29.6 Å². The number of hydrogen-bond donors (Lipinski definition) is 1. The molecule has 5 nitrogen and oxygen atoms in total. The number of fused-ring (bicyclic) bond motifs is 1. The SMILES string of the molecule is Cc1nc(C)c(CCC(=O)N2CCc3sccc3[C@H]2c2cccs2)c(=O)[nH]1. The molecule has 1 aliphatic heterocycles. The van der Waals surface area contributed by atoms with E-state index < -0.39 is 0 Å². The van der Waals surface area contributed by atoms with Crippen molar-refractivity contribution in [1.29, 1.82) is 0 Å². The van der Waals surface area contributed by atoms with Crippen molar-refractivity contribution in [3.63, 3.8) is 0 Å². The fourth-order valence-corrected chi connectivity index (χ4v) is 5.52. The molecule has 140 valence electrons. The Morgan fingerprint density at radius 3 is 2.89 bits per heavy atom. The van der Waals surface area contributed by atoms with Gasteiger partial charge in [0.05, 0.1) is 6.04 Å². The zero-order valence-electron chi connectivity index (χ0n) is 15.3. The zero-order chi connectivity index (χ0) is 19.0. The Kier molecular flexibility index (Phi) is 4.97. The average Bonchev–Trinajstić information content (AvgIpc) is 3.31. The number of hydrogen-bond acceptors (Lipinski definition) is 5. The van der Waals surface area contributed by atoms with Gasteiger partial charge in [-0.15, -0.1) is 22.7 Å². The van der Waals surface area contributed by atoms with Crippen molar-refractivity contribution in [2.75, 3.05) is 6.54 Å². The van der Waals surface area contributed by atoms with Crippen molar-refractivity contribution in [3.8, 4) is 0 Å². The fraction of sp³-hybridized carbons (Fsp3) is 0.350. The molecule has 3 aromatic heterocycles. The lowest BCUT2D eigenvalue weighted by Crippen LogP contribution is -2.40. The molecule has 4 rings (SSSR count). The Labute approximate surface area is 165 Å². The predicted octanol–water partition coefficient (Wildman–Crippen LogP) is 3.62. The lowest BCUT2D eigenvalue weighted by molar-refractivity contribution is -0.133. The van der Waals surface area contributed by atoms with Crippen LogP contribution in [0.4, 0.5) is 0 Å². The van der Waals surface area contributed by atoms with Gasteiger partial charge >= 0.3 is 0 Å². The van der Waals surface area contributed by atoms with Crippen LogP contribution in [0.2, 0.25) is 0 Å². The first-order valence-electron chi connectivity index (χ1n) is 9.00. The van der Waals surface area contributed by atoms with Gasteiger partial charge in [0.2, 0.25) is 5.91 Å². The molecule has 0 saturated heterocycles. The minimum absolute atomic E-state index is 0.0111. The molecule has 0 fully saturated rings. The molecule has 1 aliphatic rings. The number of nitrogens with one attached hydrogen (secondary N) is 1. The van der Waals surface area contributed by atoms with Crippen molar-refractivity contribution in [2.24, 2.45) is 0 Å². The summed E-state index contributed by atoms with van der Waals surface area (Å²) in [6.07, 6.45) is 1.62. The molecule has 0 spiro atoms. The summed E-state index contributed by atoms with van der Waals surface area (Å²) in [5.74, 6) is 0.691. The van der Waals surface area contributed by atoms with E-state index in [2.05, 4.69) is 32.9 Å². The molecule has 1 atom stereocenters. The van der Waals surface area contributed by atoms with Crippen LogP contribution in [0.25, 0.3) is 0 Å². The Bertz CT molecular complexity index is 1020. The number of thiophene rings is 2. The largest absolute Gasteiger partial charge is 0.330 e. The van der Waals surface area contributed by atoms with Crippen LogP contribution in [0.3, 0.4) is 0 Å². The second-order valence-corrected chi connectivity index (χ2v) is 8.75. The summed E-state index contributed by atoms with van der Waals surface area (Å²) in [5.41, 5.74) is 2.42. The topological polar surface area (TPSA) is 66.1 Å². The summed E-state index contributed by atoms with van der Waals surface area (Å²) >= 11 is 3.45. The molecule has 1 N–H and O–H groups in total. The van der Waals surface area contributed by atoms with Crippen molar-refractivity contribution in [3.05, 3.63) is 71.7 Å². The van der Waals surface area contributed by atoms with Gasteiger partial charge in [0, 0.05) is 34.0 Å². The number of amides is 1. The Hall–Kier alpha value is -2.25. The molecule has 0 unspecified atom stereocenters. The lowest BCUT2D eigenvalue weighted by Gasteiger charge is -2.35. The highest BCUT2D eigenvalue weighted by Gasteiger charge is 2.33. The normalized spacial score (nSPS) is 16.4. The summed E-state index contributed by atoms with van der Waals surface area (Å²) in [6.45, 7) is 4.31. The molecule has 1 amide bonds. The maximum Gasteiger partial charge on any atom is 0.254 e. The number of nitrogens with zero attached hydrogens (tertiary/aromatic N) is 2. The first-order chi connectivity index (χ1) is 13.0. The molecule has 0 radical (unpaired) electrons. The van der Waals surface area contributed by atoms with E-state index in [4.69, 9.17) is 0 Å². The monoisotopic (exact) mass is 399 g/mol. The first-order valence-corrected chi connectivity index (χ1v) is 10.8. The van der Waals surface area contributed by atoms with Gasteiger partial charge in [-0.2, -0.15) is 0 Å². The first kappa shape index (κ1) is 18.1. The van der Waals surface area contributed by atoms with Gasteiger partial charge in [-0.1, -0.05) is 6.07 Å². The summed E-state index contributed by atoms with van der Waals surface area (Å²) in [4.78, 5) is 36.9. The molecule has 3 aromatic rings. The maximum absolute atomic E-state index is 13.1. The third kappa shape index (κ3) is 3.49. The summed E-state index contributed by atoms with van der Waals surface area (Å²) in [5, 5.41) is 4.17. The van der Waals surface area contributed by atoms with E-state index in [1.807, 2.05) is 17.9 Å². The van der Waals surface area contributed by atoms with Gasteiger partial charge < -0.3 is 9.88 Å². The van der Waals surface area contributed by atoms with Gasteiger partial charge in [0.25, 0.3) is 5.56 Å². The van der Waals surface area contributed by atoms with Gasteiger partial charge in [0.1, 0.15) is 5.82 Å². The van der Waals surface area contributed by atoms with Gasteiger partial charge in [-0.3, -0.25) is 9.59 Å². The molecular formula is C20H21N3O2S2. The highest BCUT2D eigenvalue weighted by Crippen LogP contribution is 2.39. The van der Waals surface area contributed by atoms with Crippen LogP contribution >= 0.6 is 22.7 Å². The summed E-state index contributed by atoms with van der Waals surface area (Å²) in [7, 11) is 0. The van der Waals surface area contributed by atoms with Crippen LogP contribution < -0.4 is 5.56 Å². The van der Waals surface area contributed by atoms with Crippen molar-refractivity contribution in [1.82, 2.24) is 14.9 Å². The fourth-order valence-electron chi connectivity index (χ4n) is 3.76. The molecule has 7 heteroatoms. The standard InChI is InChI=1S/C20H21N3O2S2/c1-12-14(20(25)22-13(2)21-12)5-6-18(24)23-9-7-16-15(8-11-27-16)19(23)17-4-3-10-26-17/h3-4,8,10-11,19H,5-7,9H2,1-2H3,(H,21,22,25)/t19-/m0/s1. The maximum atomic E-state index is 13.1. The third-order valence-electron chi connectivity index (χ3n) is 5.03. The van der Waals surface area contributed by atoms with Crippen molar-refractivity contribution >= 4 is 28.6 Å². The molecule has 0 aliphatic carbocycles. The Morgan fingerprint density at radius 2 is 2.15 bits per heavy atom. The molecule has 0 bridgehead atoms. The van der Waals surface area contributed by atoms with E-state index in [0.717, 1.165) is 13.0 Å². The van der Waals surface area contributed by atoms with E-state index >= 15 is 0 Å². The highest BCUT2D eigenvalue weighted by molar-refractivity contribution is 7.10. The molecule has 27 heavy (non-hydrogen) atoms. The minimum atomic E-state index is -0.138. The van der Waals surface area contributed by atoms with Crippen LogP contribution in [-0.2, 0) is 17.6 Å². The quantitative estimate of drug-likeness (QED) is 0.729. The number of aromatic amines is 1. The third-order valence-corrected chi connectivity index (χ3v) is 6.95. The van der Waals surface area contributed by atoms with Gasteiger partial charge in [-0.25, -0.2) is 4.98 Å². The van der Waals surface area contributed by atoms with Crippen LogP contribution in [0.15, 0.2) is 33.8 Å². The van der Waals surface area contributed by atoms with E-state index in [-0.39, 0.29) is 17.5 Å². The lowest BCUT2D eigenvalue weighted by atomic mass is 9.97. The van der Waals surface area contributed by atoms with Crippen LogP contribution in [0, 0.1) is 13.8 Å². The van der Waals surface area contributed by atoms with Crippen LogP contribution in [0.1, 0.15) is 44.9 Å². The van der Waals surface area contributed by atoms with Crippen molar-refractivity contribution in [2.45, 2.75) is 39.2 Å². The van der Waals surface area contributed by atoms with Crippen molar-refractivity contribution < 1.29 is 4.79 Å². The Morgan fingerprint density at radius 1 is 1.30 bits per heavy atom. The van der Waals surface area contributed by atoms with E-state index in [9.17, 15) is 9.59 Å². The Balaban J connectivity index is 1.57. The molecule has 0 saturated carbocycles. The molecule has 0 aromatic carbocycles. The van der Waals surface area contributed by atoms with Crippen LogP contribution in [-0.4, -0.2) is 27.3 Å². The number of aromatic nitrogens is 2.